The van der Waals surface area contributed by atoms with Crippen LogP contribution in [0.25, 0.3) is 27.3 Å². The predicted molar refractivity (Wildman–Crippen MR) is 91.2 cm³/mol. The fraction of sp³-hybridized carbons (Fsp3) is 0.111. The van der Waals surface area contributed by atoms with Gasteiger partial charge in [-0.15, -0.1) is 0 Å². The van der Waals surface area contributed by atoms with E-state index in [1.807, 2.05) is 16.2 Å². The highest BCUT2D eigenvalue weighted by Gasteiger charge is 2.08. The molecule has 22 heavy (non-hydrogen) atoms. The predicted octanol–water partition coefficient (Wildman–Crippen LogP) is 4.74. The molecule has 0 N–H and O–H groups in total. The maximum Gasteiger partial charge on any atom is 0.212 e. The van der Waals surface area contributed by atoms with Crippen molar-refractivity contribution in [2.24, 2.45) is 0 Å². The monoisotopic (exact) mass is 305 g/mol. The third kappa shape index (κ3) is 2.12. The molecule has 0 spiro atoms. The molecule has 0 saturated carbocycles. The Morgan fingerprint density at radius 2 is 1.59 bits per heavy atom. The summed E-state index contributed by atoms with van der Waals surface area (Å²) in [7, 11) is 0. The van der Waals surface area contributed by atoms with E-state index in [1.54, 1.807) is 11.3 Å². The van der Waals surface area contributed by atoms with Gasteiger partial charge in [0.25, 0.3) is 0 Å². The first kappa shape index (κ1) is 13.2. The van der Waals surface area contributed by atoms with E-state index < -0.39 is 0 Å². The van der Waals surface area contributed by atoms with Gasteiger partial charge >= 0.3 is 0 Å². The minimum atomic E-state index is 0.924. The Morgan fingerprint density at radius 3 is 2.36 bits per heavy atom. The highest BCUT2D eigenvalue weighted by Crippen LogP contribution is 2.27. The summed E-state index contributed by atoms with van der Waals surface area (Å²) in [6, 6.07) is 15.2. The topological polar surface area (TPSA) is 30.2 Å². The molecule has 0 amide bonds. The van der Waals surface area contributed by atoms with Gasteiger partial charge in [-0.1, -0.05) is 53.8 Å². The quantitative estimate of drug-likeness (QED) is 0.535. The van der Waals surface area contributed by atoms with Crippen molar-refractivity contribution < 1.29 is 0 Å². The van der Waals surface area contributed by atoms with Gasteiger partial charge in [0.2, 0.25) is 4.96 Å². The maximum atomic E-state index is 4.38. The second kappa shape index (κ2) is 5.07. The van der Waals surface area contributed by atoms with Crippen molar-refractivity contribution in [3.8, 4) is 22.4 Å². The fourth-order valence-electron chi connectivity index (χ4n) is 2.59. The number of hydrogen-bond donors (Lipinski definition) is 0. The molecule has 4 rings (SSSR count). The number of hydrogen-bond acceptors (Lipinski definition) is 3. The molecule has 0 fully saturated rings. The molecule has 0 bridgehead atoms. The zero-order valence-corrected chi connectivity index (χ0v) is 13.3. The van der Waals surface area contributed by atoms with Gasteiger partial charge in [-0.25, -0.2) is 9.50 Å². The zero-order valence-electron chi connectivity index (χ0n) is 12.4. The van der Waals surface area contributed by atoms with Gasteiger partial charge in [-0.2, -0.15) is 5.10 Å². The standard InChI is InChI=1S/C18H15N3S/c1-12-3-4-16(9-13(12)2)14-5-7-15(8-6-14)17-10-19-18-21(17)20-11-22-18/h3-11H,1-2H3. The van der Waals surface area contributed by atoms with Crippen molar-refractivity contribution in [1.29, 1.82) is 0 Å². The van der Waals surface area contributed by atoms with Crippen molar-refractivity contribution in [3.05, 3.63) is 65.3 Å². The van der Waals surface area contributed by atoms with Crippen LogP contribution >= 0.6 is 11.3 Å². The Labute approximate surface area is 132 Å². The summed E-state index contributed by atoms with van der Waals surface area (Å²) in [4.78, 5) is 5.30. The largest absolute Gasteiger partial charge is 0.225 e. The third-order valence-electron chi connectivity index (χ3n) is 4.05. The van der Waals surface area contributed by atoms with Crippen molar-refractivity contribution in [3.63, 3.8) is 0 Å². The number of rotatable bonds is 2. The number of fused-ring (bicyclic) bond motifs is 1. The fourth-order valence-corrected chi connectivity index (χ4v) is 3.18. The molecule has 0 atom stereocenters. The molecule has 2 aromatic heterocycles. The van der Waals surface area contributed by atoms with Crippen LogP contribution in [-0.4, -0.2) is 14.6 Å². The molecule has 0 radical (unpaired) electrons. The van der Waals surface area contributed by atoms with E-state index in [-0.39, 0.29) is 0 Å². The van der Waals surface area contributed by atoms with Crippen molar-refractivity contribution in [2.75, 3.05) is 0 Å². The Hall–Kier alpha value is -2.46. The minimum Gasteiger partial charge on any atom is -0.225 e. The first-order chi connectivity index (χ1) is 10.7. The second-order valence-corrected chi connectivity index (χ2v) is 6.26. The van der Waals surface area contributed by atoms with Gasteiger partial charge in [0.05, 0.1) is 11.9 Å². The van der Waals surface area contributed by atoms with E-state index in [0.29, 0.717) is 0 Å². The maximum absolute atomic E-state index is 4.38. The lowest BCUT2D eigenvalue weighted by Gasteiger charge is -2.06. The summed E-state index contributed by atoms with van der Waals surface area (Å²) in [5.41, 5.74) is 9.10. The molecule has 3 nitrogen and oxygen atoms in total. The molecule has 0 aliphatic heterocycles. The van der Waals surface area contributed by atoms with Gasteiger partial charge in [-0.3, -0.25) is 0 Å². The number of benzene rings is 2. The summed E-state index contributed by atoms with van der Waals surface area (Å²) in [6.45, 7) is 4.29. The van der Waals surface area contributed by atoms with Crippen LogP contribution in [0.15, 0.2) is 54.2 Å². The molecule has 2 heterocycles. The highest BCUT2D eigenvalue weighted by molar-refractivity contribution is 7.14. The van der Waals surface area contributed by atoms with Crippen molar-refractivity contribution in [2.45, 2.75) is 13.8 Å². The Balaban J connectivity index is 1.74. The lowest BCUT2D eigenvalue weighted by Crippen LogP contribution is -1.88. The molecule has 0 aliphatic rings. The van der Waals surface area contributed by atoms with Crippen LogP contribution in [0.2, 0.25) is 0 Å². The van der Waals surface area contributed by atoms with Crippen LogP contribution in [0.1, 0.15) is 11.1 Å². The molecule has 0 saturated heterocycles. The Bertz CT molecular complexity index is 948. The molecule has 4 aromatic rings. The normalized spacial score (nSPS) is 11.2. The summed E-state index contributed by atoms with van der Waals surface area (Å²) < 4.78 is 1.88. The molecule has 0 aliphatic carbocycles. The molecule has 2 aromatic carbocycles. The molecular weight excluding hydrogens is 290 g/mol. The number of nitrogens with zero attached hydrogens (tertiary/aromatic N) is 3. The lowest BCUT2D eigenvalue weighted by atomic mass is 9.99. The summed E-state index contributed by atoms with van der Waals surface area (Å²) in [6.07, 6.45) is 1.88. The number of aryl methyl sites for hydroxylation is 2. The minimum absolute atomic E-state index is 0.924. The van der Waals surface area contributed by atoms with Crippen molar-refractivity contribution in [1.82, 2.24) is 14.6 Å². The number of imidazole rings is 1. The van der Waals surface area contributed by atoms with Crippen molar-refractivity contribution >= 4 is 16.3 Å². The zero-order chi connectivity index (χ0) is 15.1. The van der Waals surface area contributed by atoms with Crippen LogP contribution in [0, 0.1) is 13.8 Å². The third-order valence-corrected chi connectivity index (χ3v) is 4.74. The molecule has 0 unspecified atom stereocenters. The smallest absolute Gasteiger partial charge is 0.212 e. The summed E-state index contributed by atoms with van der Waals surface area (Å²) in [5.74, 6) is 0. The van der Waals surface area contributed by atoms with E-state index in [1.165, 1.54) is 22.3 Å². The van der Waals surface area contributed by atoms with Crippen LogP contribution < -0.4 is 0 Å². The van der Waals surface area contributed by atoms with Gasteiger partial charge in [0, 0.05) is 5.56 Å². The SMILES string of the molecule is Cc1ccc(-c2ccc(-c3cnc4scnn34)cc2)cc1C. The average Bonchev–Trinajstić information content (AvgIpc) is 3.13. The van der Waals surface area contributed by atoms with E-state index in [0.717, 1.165) is 16.2 Å². The first-order valence-corrected chi connectivity index (χ1v) is 8.05. The first-order valence-electron chi connectivity index (χ1n) is 7.18. The van der Waals surface area contributed by atoms with Gasteiger partial charge < -0.3 is 0 Å². The van der Waals surface area contributed by atoms with Crippen LogP contribution in [0.5, 0.6) is 0 Å². The lowest BCUT2D eigenvalue weighted by molar-refractivity contribution is 0.981. The molecule has 108 valence electrons. The van der Waals surface area contributed by atoms with Crippen LogP contribution in [0.3, 0.4) is 0 Å². The van der Waals surface area contributed by atoms with Gasteiger partial charge in [-0.05, 0) is 36.1 Å². The van der Waals surface area contributed by atoms with Gasteiger partial charge in [0.1, 0.15) is 5.51 Å². The van der Waals surface area contributed by atoms with E-state index in [9.17, 15) is 0 Å². The molecular formula is C18H15N3S. The van der Waals surface area contributed by atoms with Gasteiger partial charge in [0.15, 0.2) is 0 Å². The Kier molecular flexibility index (Phi) is 3.05. The van der Waals surface area contributed by atoms with E-state index >= 15 is 0 Å². The second-order valence-electron chi connectivity index (χ2n) is 5.45. The molecule has 4 heteroatoms. The Morgan fingerprint density at radius 1 is 0.864 bits per heavy atom. The average molecular weight is 305 g/mol. The summed E-state index contributed by atoms with van der Waals surface area (Å²) in [5, 5.41) is 4.33. The summed E-state index contributed by atoms with van der Waals surface area (Å²) >= 11 is 1.55. The highest BCUT2D eigenvalue weighted by atomic mass is 32.1. The van der Waals surface area contributed by atoms with Crippen LogP contribution in [0.4, 0.5) is 0 Å². The van der Waals surface area contributed by atoms with E-state index in [4.69, 9.17) is 0 Å². The number of aromatic nitrogens is 3. The van der Waals surface area contributed by atoms with E-state index in [2.05, 4.69) is 66.4 Å². The van der Waals surface area contributed by atoms with Crippen LogP contribution in [-0.2, 0) is 0 Å².